The predicted octanol–water partition coefficient (Wildman–Crippen LogP) is 2.43. The first-order valence-electron chi connectivity index (χ1n) is 2.75. The van der Waals surface area contributed by atoms with Crippen molar-refractivity contribution in [3.05, 3.63) is 10.6 Å². The molecule has 0 saturated carbocycles. The molecule has 0 aliphatic carbocycles. The van der Waals surface area contributed by atoms with Gasteiger partial charge in [-0.3, -0.25) is 0 Å². The van der Waals surface area contributed by atoms with Crippen molar-refractivity contribution in [1.82, 2.24) is 4.98 Å². The molecule has 0 spiro atoms. The van der Waals surface area contributed by atoms with Crippen LogP contribution in [0.2, 0.25) is 0 Å². The third-order valence-electron chi connectivity index (χ3n) is 1.02. The SMILES string of the molecule is Cc1sc(N)nc1C#CSI. The van der Waals surface area contributed by atoms with Crippen LogP contribution in [-0.4, -0.2) is 4.98 Å². The lowest BCUT2D eigenvalue weighted by Gasteiger charge is -1.79. The maximum Gasteiger partial charge on any atom is 0.181 e. The van der Waals surface area contributed by atoms with Crippen LogP contribution in [0.15, 0.2) is 0 Å². The molecule has 0 atom stereocenters. The molecule has 0 aliphatic rings. The Morgan fingerprint density at radius 3 is 2.91 bits per heavy atom. The van der Waals surface area contributed by atoms with Crippen LogP contribution < -0.4 is 5.73 Å². The summed E-state index contributed by atoms with van der Waals surface area (Å²) >= 11 is 3.59. The number of anilines is 1. The molecule has 1 rings (SSSR count). The smallest absolute Gasteiger partial charge is 0.181 e. The van der Waals surface area contributed by atoms with E-state index in [1.165, 1.54) is 20.3 Å². The molecule has 0 saturated heterocycles. The van der Waals surface area contributed by atoms with Gasteiger partial charge in [0, 0.05) is 26.1 Å². The van der Waals surface area contributed by atoms with Crippen molar-refractivity contribution in [2.24, 2.45) is 0 Å². The van der Waals surface area contributed by atoms with E-state index in [0.29, 0.717) is 5.13 Å². The molecule has 0 aliphatic heterocycles. The van der Waals surface area contributed by atoms with E-state index in [1.807, 2.05) is 6.92 Å². The van der Waals surface area contributed by atoms with Crippen LogP contribution in [0.3, 0.4) is 0 Å². The lowest BCUT2D eigenvalue weighted by Crippen LogP contribution is -1.81. The van der Waals surface area contributed by atoms with Crippen molar-refractivity contribution in [1.29, 1.82) is 0 Å². The van der Waals surface area contributed by atoms with Crippen molar-refractivity contribution in [2.45, 2.75) is 6.92 Å². The van der Waals surface area contributed by atoms with E-state index < -0.39 is 0 Å². The zero-order valence-corrected chi connectivity index (χ0v) is 9.51. The standard InChI is InChI=1S/C6H5IN2S2/c1-4-5(2-3-10-7)9-6(8)11-4/h1H3,(H2,8,9). The molecule has 0 unspecified atom stereocenters. The number of hydrogen-bond acceptors (Lipinski definition) is 4. The van der Waals surface area contributed by atoms with Crippen LogP contribution in [0.1, 0.15) is 10.6 Å². The Bertz CT molecular complexity index is 310. The van der Waals surface area contributed by atoms with Gasteiger partial charge in [0.25, 0.3) is 0 Å². The first kappa shape index (κ1) is 9.16. The fourth-order valence-electron chi connectivity index (χ4n) is 0.601. The maximum absolute atomic E-state index is 5.48. The predicted molar refractivity (Wildman–Crippen MR) is 59.8 cm³/mol. The minimum absolute atomic E-state index is 0.588. The Morgan fingerprint density at radius 2 is 2.45 bits per heavy atom. The van der Waals surface area contributed by atoms with Crippen molar-refractivity contribution in [3.8, 4) is 11.2 Å². The van der Waals surface area contributed by atoms with E-state index in [4.69, 9.17) is 5.73 Å². The topological polar surface area (TPSA) is 38.9 Å². The van der Waals surface area contributed by atoms with Gasteiger partial charge in [-0.05, 0) is 27.0 Å². The zero-order chi connectivity index (χ0) is 8.27. The van der Waals surface area contributed by atoms with Crippen molar-refractivity contribution in [3.63, 3.8) is 0 Å². The third kappa shape index (κ3) is 2.54. The van der Waals surface area contributed by atoms with E-state index in [2.05, 4.69) is 37.4 Å². The summed E-state index contributed by atoms with van der Waals surface area (Å²) in [6.07, 6.45) is 0. The molecule has 2 nitrogen and oxygen atoms in total. The van der Waals surface area contributed by atoms with Gasteiger partial charge in [0.15, 0.2) is 5.13 Å². The molecule has 0 bridgehead atoms. The van der Waals surface area contributed by atoms with Crippen LogP contribution in [0.5, 0.6) is 0 Å². The Labute approximate surface area is 85.6 Å². The van der Waals surface area contributed by atoms with E-state index in [1.54, 1.807) is 0 Å². The van der Waals surface area contributed by atoms with Crippen LogP contribution in [-0.2, 0) is 0 Å². The van der Waals surface area contributed by atoms with Gasteiger partial charge in [-0.25, -0.2) is 4.98 Å². The first-order chi connectivity index (χ1) is 5.24. The number of nitrogens with zero attached hydrogens (tertiary/aromatic N) is 1. The Hall–Kier alpha value is 0.0700. The highest BCUT2D eigenvalue weighted by atomic mass is 127. The van der Waals surface area contributed by atoms with E-state index in [9.17, 15) is 0 Å². The molecule has 58 valence electrons. The van der Waals surface area contributed by atoms with Gasteiger partial charge in [0.1, 0.15) is 5.69 Å². The monoisotopic (exact) mass is 296 g/mol. The number of nitrogen functional groups attached to an aromatic ring is 1. The van der Waals surface area contributed by atoms with Crippen molar-refractivity contribution < 1.29 is 0 Å². The molecular formula is C6H5IN2S2. The second-order valence-electron chi connectivity index (χ2n) is 1.76. The zero-order valence-electron chi connectivity index (χ0n) is 5.72. The van der Waals surface area contributed by atoms with Gasteiger partial charge >= 0.3 is 0 Å². The molecule has 5 heteroatoms. The second kappa shape index (κ2) is 4.18. The summed E-state index contributed by atoms with van der Waals surface area (Å²) in [6.45, 7) is 1.97. The molecule has 1 heterocycles. The molecule has 1 aromatic heterocycles. The Morgan fingerprint density at radius 1 is 1.73 bits per heavy atom. The van der Waals surface area contributed by atoms with Gasteiger partial charge in [0.2, 0.25) is 0 Å². The minimum Gasteiger partial charge on any atom is -0.375 e. The van der Waals surface area contributed by atoms with E-state index in [-0.39, 0.29) is 0 Å². The summed E-state index contributed by atoms with van der Waals surface area (Å²) in [5.41, 5.74) is 6.28. The lowest BCUT2D eigenvalue weighted by molar-refractivity contribution is 1.34. The average Bonchev–Trinajstić information content (AvgIpc) is 2.26. The van der Waals surface area contributed by atoms with Crippen molar-refractivity contribution >= 4 is 46.6 Å². The van der Waals surface area contributed by atoms with Gasteiger partial charge in [-0.15, -0.1) is 11.3 Å². The molecule has 1 aromatic rings. The number of hydrogen-bond donors (Lipinski definition) is 1. The largest absolute Gasteiger partial charge is 0.375 e. The molecular weight excluding hydrogens is 291 g/mol. The fraction of sp³-hybridized carbons (Fsp3) is 0.167. The number of aryl methyl sites for hydroxylation is 1. The molecule has 0 aromatic carbocycles. The van der Waals surface area contributed by atoms with Crippen LogP contribution in [0.25, 0.3) is 0 Å². The highest BCUT2D eigenvalue weighted by Gasteiger charge is 2.00. The second-order valence-corrected chi connectivity index (χ2v) is 4.68. The molecule has 0 amide bonds. The summed E-state index contributed by atoms with van der Waals surface area (Å²) in [6, 6.07) is 0. The molecule has 0 fully saturated rings. The molecule has 0 radical (unpaired) electrons. The normalized spacial score (nSPS) is 8.91. The van der Waals surface area contributed by atoms with Gasteiger partial charge in [0.05, 0.1) is 0 Å². The number of nitrogens with two attached hydrogens (primary N) is 1. The lowest BCUT2D eigenvalue weighted by atomic mass is 10.4. The third-order valence-corrected chi connectivity index (χ3v) is 2.66. The summed E-state index contributed by atoms with van der Waals surface area (Å²) in [7, 11) is 1.45. The van der Waals surface area contributed by atoms with E-state index in [0.717, 1.165) is 10.6 Å². The summed E-state index contributed by atoms with van der Waals surface area (Å²) < 4.78 is 0. The Kier molecular flexibility index (Phi) is 3.48. The van der Waals surface area contributed by atoms with Crippen molar-refractivity contribution in [2.75, 3.05) is 5.73 Å². The van der Waals surface area contributed by atoms with E-state index >= 15 is 0 Å². The summed E-state index contributed by atoms with van der Waals surface area (Å²) in [5, 5.41) is 3.45. The fourth-order valence-corrected chi connectivity index (χ4v) is 1.71. The number of halogens is 1. The van der Waals surface area contributed by atoms with Crippen LogP contribution in [0.4, 0.5) is 5.13 Å². The Balaban J connectivity index is 2.94. The number of rotatable bonds is 0. The number of aromatic nitrogens is 1. The highest BCUT2D eigenvalue weighted by molar-refractivity contribution is 14.2. The first-order valence-corrected chi connectivity index (χ1v) is 6.93. The van der Waals surface area contributed by atoms with Crippen LogP contribution in [0, 0.1) is 18.1 Å². The van der Waals surface area contributed by atoms with Gasteiger partial charge in [-0.2, -0.15) is 0 Å². The quantitative estimate of drug-likeness (QED) is 0.590. The minimum atomic E-state index is 0.588. The summed E-state index contributed by atoms with van der Waals surface area (Å²) in [5.74, 6) is 2.91. The average molecular weight is 296 g/mol. The molecule has 2 N–H and O–H groups in total. The maximum atomic E-state index is 5.48. The number of thiazole rings is 1. The molecule has 11 heavy (non-hydrogen) atoms. The highest BCUT2D eigenvalue weighted by Crippen LogP contribution is 2.18. The van der Waals surface area contributed by atoms with Gasteiger partial charge < -0.3 is 5.73 Å². The summed E-state index contributed by atoms with van der Waals surface area (Å²) in [4.78, 5) is 5.14. The van der Waals surface area contributed by atoms with Gasteiger partial charge in [-0.1, -0.05) is 0 Å². The van der Waals surface area contributed by atoms with Crippen LogP contribution >= 0.6 is 41.5 Å².